The Morgan fingerprint density at radius 3 is 2.47 bits per heavy atom. The van der Waals surface area contributed by atoms with Crippen LogP contribution in [0.2, 0.25) is 0 Å². The number of hydrogen-bond donors (Lipinski definition) is 0. The van der Waals surface area contributed by atoms with Crippen molar-refractivity contribution in [2.45, 2.75) is 38.0 Å². The first kappa shape index (κ1) is 19.9. The third kappa shape index (κ3) is 11.2. The molecule has 5 nitrogen and oxygen atoms in total. The van der Waals surface area contributed by atoms with Crippen LogP contribution in [0.5, 0.6) is 0 Å². The van der Waals surface area contributed by atoms with Crippen molar-refractivity contribution >= 4 is 21.7 Å². The Hall–Kier alpha value is 0.850. The van der Waals surface area contributed by atoms with Crippen molar-refractivity contribution in [3.8, 4) is 0 Å². The second-order valence-electron chi connectivity index (χ2n) is 3.95. The van der Waals surface area contributed by atoms with Gasteiger partial charge in [0.2, 0.25) is 0 Å². The van der Waals surface area contributed by atoms with E-state index in [9.17, 15) is 8.42 Å². The molecule has 0 saturated carbocycles. The minimum absolute atomic E-state index is 0.0485. The van der Waals surface area contributed by atoms with Crippen LogP contribution < -0.4 is 21.2 Å². The van der Waals surface area contributed by atoms with Gasteiger partial charge >= 0.3 is 132 Å². The van der Waals surface area contributed by atoms with Crippen LogP contribution in [0.15, 0.2) is 0 Å². The van der Waals surface area contributed by atoms with Crippen LogP contribution >= 0.6 is 11.6 Å². The molecule has 0 bridgehead atoms. The van der Waals surface area contributed by atoms with Crippen molar-refractivity contribution in [3.63, 3.8) is 0 Å². The van der Waals surface area contributed by atoms with E-state index in [0.29, 0.717) is 13.0 Å². The number of alkyl halides is 3. The SMILES string of the molecule is CCOC(C)O[C@@H](CCOS(C)(=O)=O)C(Cl)C[I-]C. The first-order chi connectivity index (χ1) is 8.80. The average molecular weight is 430 g/mol. The van der Waals surface area contributed by atoms with Crippen LogP contribution in [0.25, 0.3) is 0 Å². The zero-order chi connectivity index (χ0) is 14.9. The summed E-state index contributed by atoms with van der Waals surface area (Å²) in [5.41, 5.74) is 0. The summed E-state index contributed by atoms with van der Waals surface area (Å²) in [6, 6.07) is 0. The summed E-state index contributed by atoms with van der Waals surface area (Å²) in [4.78, 5) is 2.14. The van der Waals surface area contributed by atoms with Gasteiger partial charge in [0.25, 0.3) is 0 Å². The van der Waals surface area contributed by atoms with Crippen LogP contribution in [-0.4, -0.2) is 55.0 Å². The predicted octanol–water partition coefficient (Wildman–Crippen LogP) is -1.55. The molecule has 0 aromatic rings. The van der Waals surface area contributed by atoms with E-state index in [4.69, 9.17) is 25.3 Å². The third-order valence-electron chi connectivity index (χ3n) is 2.17. The molecule has 0 radical (unpaired) electrons. The molecule has 0 fully saturated rings. The Labute approximate surface area is 131 Å². The maximum absolute atomic E-state index is 10.9. The molecule has 0 N–H and O–H groups in total. The number of hydrogen-bond acceptors (Lipinski definition) is 5. The van der Waals surface area contributed by atoms with E-state index in [2.05, 4.69) is 4.93 Å². The fourth-order valence-corrected chi connectivity index (χ4v) is 4.19. The topological polar surface area (TPSA) is 61.8 Å². The van der Waals surface area contributed by atoms with E-state index in [0.717, 1.165) is 10.7 Å². The Morgan fingerprint density at radius 2 is 2.00 bits per heavy atom. The molecule has 0 aromatic carbocycles. The van der Waals surface area contributed by atoms with Crippen LogP contribution in [0.3, 0.4) is 0 Å². The Kier molecular flexibility index (Phi) is 11.0. The number of rotatable bonds is 11. The third-order valence-corrected chi connectivity index (χ3v) is 5.55. The number of ether oxygens (including phenoxy) is 2. The van der Waals surface area contributed by atoms with Gasteiger partial charge in [0.05, 0.1) is 0 Å². The van der Waals surface area contributed by atoms with Gasteiger partial charge < -0.3 is 0 Å². The van der Waals surface area contributed by atoms with Crippen LogP contribution in [0.4, 0.5) is 0 Å². The van der Waals surface area contributed by atoms with Gasteiger partial charge in [-0.3, -0.25) is 0 Å². The molecule has 0 aromatic heterocycles. The van der Waals surface area contributed by atoms with Crippen LogP contribution in [-0.2, 0) is 23.8 Å². The van der Waals surface area contributed by atoms with Crippen molar-refractivity contribution in [3.05, 3.63) is 0 Å². The van der Waals surface area contributed by atoms with Gasteiger partial charge in [-0.15, -0.1) is 0 Å². The van der Waals surface area contributed by atoms with Crippen molar-refractivity contribution in [1.29, 1.82) is 0 Å². The predicted molar refractivity (Wildman–Crippen MR) is 71.8 cm³/mol. The van der Waals surface area contributed by atoms with Gasteiger partial charge in [-0.25, -0.2) is 0 Å². The van der Waals surface area contributed by atoms with E-state index in [1.165, 1.54) is 0 Å². The van der Waals surface area contributed by atoms with Crippen molar-refractivity contribution < 1.29 is 43.3 Å². The van der Waals surface area contributed by atoms with Crippen molar-refractivity contribution in [2.75, 3.05) is 28.8 Å². The Balaban J connectivity index is 4.32. The molecule has 118 valence electrons. The summed E-state index contributed by atoms with van der Waals surface area (Å²) < 4.78 is 38.5. The second kappa shape index (κ2) is 10.6. The summed E-state index contributed by atoms with van der Waals surface area (Å²) in [7, 11) is -3.42. The van der Waals surface area contributed by atoms with Gasteiger partial charge in [0, 0.05) is 0 Å². The Bertz CT molecular complexity index is 325. The van der Waals surface area contributed by atoms with Gasteiger partial charge in [-0.05, 0) is 0 Å². The Morgan fingerprint density at radius 1 is 1.37 bits per heavy atom. The normalized spacial score (nSPS) is 17.3. The van der Waals surface area contributed by atoms with Crippen LogP contribution in [0.1, 0.15) is 20.3 Å². The van der Waals surface area contributed by atoms with E-state index in [1.54, 1.807) is 6.92 Å². The van der Waals surface area contributed by atoms with Gasteiger partial charge in [-0.2, -0.15) is 0 Å². The summed E-state index contributed by atoms with van der Waals surface area (Å²) >= 11 is 6.33. The first-order valence-electron chi connectivity index (χ1n) is 5.99. The van der Waals surface area contributed by atoms with Gasteiger partial charge in [0.15, 0.2) is 0 Å². The van der Waals surface area contributed by atoms with Crippen LogP contribution in [0, 0.1) is 0 Å². The fraction of sp³-hybridized carbons (Fsp3) is 1.00. The molecule has 0 aliphatic heterocycles. The summed E-state index contributed by atoms with van der Waals surface area (Å²) in [6.45, 7) is 4.32. The molecule has 0 amide bonds. The van der Waals surface area contributed by atoms with E-state index in [1.807, 2.05) is 6.92 Å². The fourth-order valence-electron chi connectivity index (χ4n) is 1.42. The molecule has 2 unspecified atom stereocenters. The molecule has 0 aliphatic rings. The van der Waals surface area contributed by atoms with Crippen molar-refractivity contribution in [2.24, 2.45) is 0 Å². The quantitative estimate of drug-likeness (QED) is 0.172. The van der Waals surface area contributed by atoms with E-state index < -0.39 is 10.1 Å². The molecule has 0 aliphatic carbocycles. The second-order valence-corrected chi connectivity index (χ2v) is 8.56. The monoisotopic (exact) mass is 429 g/mol. The minimum atomic E-state index is -3.42. The molecule has 0 rings (SSSR count). The van der Waals surface area contributed by atoms with Crippen molar-refractivity contribution in [1.82, 2.24) is 0 Å². The molecule has 8 heteroatoms. The van der Waals surface area contributed by atoms with Gasteiger partial charge in [-0.1, -0.05) is 0 Å². The summed E-state index contributed by atoms with van der Waals surface area (Å²) in [5.74, 6) is 0. The first-order valence-corrected chi connectivity index (χ1v) is 11.9. The maximum atomic E-state index is 10.9. The molecule has 3 atom stereocenters. The van der Waals surface area contributed by atoms with Gasteiger partial charge in [0.1, 0.15) is 0 Å². The van der Waals surface area contributed by atoms with E-state index in [-0.39, 0.29) is 45.6 Å². The molecule has 0 saturated heterocycles. The molecular weight excluding hydrogens is 407 g/mol. The molecule has 19 heavy (non-hydrogen) atoms. The standard InChI is InChI=1S/C11H23ClIO5S/c1-5-16-9(2)18-11(10(12)8-13-3)6-7-17-19(4,14)15/h9-11H,5-8H2,1-4H3/q-1/t9?,10?,11-/m0/s1. The summed E-state index contributed by atoms with van der Waals surface area (Å²) in [6.07, 6.45) is 0.846. The molecule has 0 heterocycles. The molecule has 0 spiro atoms. The molecular formula is C11H23ClIO5S-. The average Bonchev–Trinajstić information content (AvgIpc) is 2.26. The zero-order valence-corrected chi connectivity index (χ0v) is 15.5. The van der Waals surface area contributed by atoms with E-state index >= 15 is 0 Å². The number of halogens is 2. The summed E-state index contributed by atoms with van der Waals surface area (Å²) in [5, 5.41) is -0.135. The zero-order valence-electron chi connectivity index (χ0n) is 11.8.